The standard InChI is InChI=1S/C17H15F3N6O3/c1-10-14(26(28)29)15(24(2)23-10)16(27)22-13-7-21-25(9-13)8-11-4-3-5-12(6-11)17(18,19)20/h3-7,9H,8H2,1-2H3,(H,22,27). The number of hydrogen-bond donors (Lipinski definition) is 1. The van der Waals surface area contributed by atoms with Crippen LogP contribution in [0.5, 0.6) is 0 Å². The number of hydrogen-bond acceptors (Lipinski definition) is 5. The summed E-state index contributed by atoms with van der Waals surface area (Å²) in [5.74, 6) is -0.751. The molecule has 1 N–H and O–H groups in total. The number of aryl methyl sites for hydroxylation is 2. The molecule has 9 nitrogen and oxygen atoms in total. The molecule has 3 aromatic rings. The van der Waals surface area contributed by atoms with Gasteiger partial charge in [-0.2, -0.15) is 23.4 Å². The number of halogens is 3. The van der Waals surface area contributed by atoms with E-state index in [1.165, 1.54) is 43.2 Å². The second-order valence-electron chi connectivity index (χ2n) is 6.24. The molecule has 0 aliphatic heterocycles. The van der Waals surface area contributed by atoms with Crippen LogP contribution in [0.4, 0.5) is 24.5 Å². The van der Waals surface area contributed by atoms with E-state index in [1.807, 2.05) is 0 Å². The molecule has 0 atom stereocenters. The molecule has 0 aliphatic rings. The van der Waals surface area contributed by atoms with E-state index in [1.54, 1.807) is 0 Å². The van der Waals surface area contributed by atoms with Gasteiger partial charge in [-0.05, 0) is 24.6 Å². The van der Waals surface area contributed by atoms with Gasteiger partial charge < -0.3 is 5.32 Å². The molecule has 2 aromatic heterocycles. The Balaban J connectivity index is 1.77. The summed E-state index contributed by atoms with van der Waals surface area (Å²) in [6.45, 7) is 1.47. The first-order valence-corrected chi connectivity index (χ1v) is 8.24. The molecule has 0 spiro atoms. The second-order valence-corrected chi connectivity index (χ2v) is 6.24. The summed E-state index contributed by atoms with van der Waals surface area (Å²) in [6.07, 6.45) is -1.75. The van der Waals surface area contributed by atoms with E-state index in [-0.39, 0.29) is 23.6 Å². The van der Waals surface area contributed by atoms with Crippen molar-refractivity contribution in [3.05, 3.63) is 69.3 Å². The van der Waals surface area contributed by atoms with Crippen molar-refractivity contribution in [2.45, 2.75) is 19.6 Å². The minimum absolute atomic E-state index is 0.0464. The Morgan fingerprint density at radius 2 is 2.07 bits per heavy atom. The molecular formula is C17H15F3N6O3. The van der Waals surface area contributed by atoms with Gasteiger partial charge in [-0.15, -0.1) is 0 Å². The highest BCUT2D eigenvalue weighted by Crippen LogP contribution is 2.29. The third-order valence-electron chi connectivity index (χ3n) is 4.08. The van der Waals surface area contributed by atoms with E-state index in [0.717, 1.165) is 16.8 Å². The Morgan fingerprint density at radius 3 is 2.72 bits per heavy atom. The zero-order valence-electron chi connectivity index (χ0n) is 15.3. The van der Waals surface area contributed by atoms with Gasteiger partial charge in [-0.3, -0.25) is 24.3 Å². The van der Waals surface area contributed by atoms with Crippen molar-refractivity contribution in [2.24, 2.45) is 7.05 Å². The number of carbonyl (C=O) groups excluding carboxylic acids is 1. The molecule has 29 heavy (non-hydrogen) atoms. The fourth-order valence-corrected chi connectivity index (χ4v) is 2.86. The van der Waals surface area contributed by atoms with Crippen molar-refractivity contribution in [1.29, 1.82) is 0 Å². The summed E-state index contributed by atoms with van der Waals surface area (Å²) in [5, 5.41) is 21.6. The minimum Gasteiger partial charge on any atom is -0.318 e. The summed E-state index contributed by atoms with van der Waals surface area (Å²) in [6, 6.07) is 4.81. The van der Waals surface area contributed by atoms with Crippen molar-refractivity contribution < 1.29 is 22.9 Å². The number of carbonyl (C=O) groups is 1. The third kappa shape index (κ3) is 4.25. The van der Waals surface area contributed by atoms with Crippen LogP contribution in [0.25, 0.3) is 0 Å². The van der Waals surface area contributed by atoms with Crippen LogP contribution >= 0.6 is 0 Å². The number of rotatable bonds is 5. The van der Waals surface area contributed by atoms with Crippen LogP contribution in [0.1, 0.15) is 27.3 Å². The molecule has 0 unspecified atom stereocenters. The first-order chi connectivity index (χ1) is 13.6. The Kier molecular flexibility index (Phi) is 5.10. The normalized spacial score (nSPS) is 11.5. The first-order valence-electron chi connectivity index (χ1n) is 8.24. The average Bonchev–Trinajstić information content (AvgIpc) is 3.17. The molecule has 3 rings (SSSR count). The molecule has 0 radical (unpaired) electrons. The summed E-state index contributed by atoms with van der Waals surface area (Å²) < 4.78 is 40.9. The zero-order chi connectivity index (χ0) is 21.3. The molecule has 1 aromatic carbocycles. The fraction of sp³-hybridized carbons (Fsp3) is 0.235. The predicted octanol–water partition coefficient (Wildman–Crippen LogP) is 3.15. The molecule has 152 valence electrons. The smallest absolute Gasteiger partial charge is 0.318 e. The van der Waals surface area contributed by atoms with E-state index in [0.29, 0.717) is 5.56 Å². The van der Waals surface area contributed by atoms with Crippen molar-refractivity contribution in [2.75, 3.05) is 5.32 Å². The van der Waals surface area contributed by atoms with Crippen molar-refractivity contribution in [1.82, 2.24) is 19.6 Å². The van der Waals surface area contributed by atoms with E-state index in [4.69, 9.17) is 0 Å². The van der Waals surface area contributed by atoms with Crippen molar-refractivity contribution >= 4 is 17.3 Å². The number of amides is 1. The zero-order valence-corrected chi connectivity index (χ0v) is 15.3. The number of aromatic nitrogens is 4. The SMILES string of the molecule is Cc1nn(C)c(C(=O)Nc2cnn(Cc3cccc(C(F)(F)F)c3)c2)c1[N+](=O)[O-]. The molecule has 0 aliphatic carbocycles. The number of alkyl halides is 3. The van der Waals surface area contributed by atoms with Crippen LogP contribution in [-0.2, 0) is 19.8 Å². The van der Waals surface area contributed by atoms with Crippen LogP contribution in [0, 0.1) is 17.0 Å². The van der Waals surface area contributed by atoms with Crippen molar-refractivity contribution in [3.63, 3.8) is 0 Å². The van der Waals surface area contributed by atoms with E-state index in [2.05, 4.69) is 15.5 Å². The first kappa shape index (κ1) is 20.0. The maximum Gasteiger partial charge on any atom is 0.416 e. The van der Waals surface area contributed by atoms with Crippen LogP contribution in [0.15, 0.2) is 36.7 Å². The summed E-state index contributed by atoms with van der Waals surface area (Å²) in [7, 11) is 1.41. The van der Waals surface area contributed by atoms with Crippen LogP contribution in [0.2, 0.25) is 0 Å². The average molecular weight is 408 g/mol. The topological polar surface area (TPSA) is 108 Å². The Labute approximate surface area is 161 Å². The lowest BCUT2D eigenvalue weighted by atomic mass is 10.1. The molecule has 0 saturated carbocycles. The highest BCUT2D eigenvalue weighted by molar-refractivity contribution is 6.05. The highest BCUT2D eigenvalue weighted by atomic mass is 19.4. The molecule has 0 saturated heterocycles. The monoisotopic (exact) mass is 408 g/mol. The quantitative estimate of drug-likeness (QED) is 0.515. The highest BCUT2D eigenvalue weighted by Gasteiger charge is 2.31. The number of nitrogens with zero attached hydrogens (tertiary/aromatic N) is 5. The summed E-state index contributed by atoms with van der Waals surface area (Å²) >= 11 is 0. The maximum atomic E-state index is 12.8. The van der Waals surface area contributed by atoms with Crippen LogP contribution < -0.4 is 5.32 Å². The number of nitro groups is 1. The molecule has 12 heteroatoms. The van der Waals surface area contributed by atoms with Gasteiger partial charge in [0.2, 0.25) is 5.69 Å². The van der Waals surface area contributed by atoms with Crippen LogP contribution in [0.3, 0.4) is 0 Å². The lowest BCUT2D eigenvalue weighted by Crippen LogP contribution is -2.17. The molecule has 0 fully saturated rings. The van der Waals surface area contributed by atoms with Gasteiger partial charge in [0.25, 0.3) is 5.91 Å². The Morgan fingerprint density at radius 1 is 1.34 bits per heavy atom. The van der Waals surface area contributed by atoms with E-state index >= 15 is 0 Å². The Hall–Kier alpha value is -3.70. The van der Waals surface area contributed by atoms with E-state index in [9.17, 15) is 28.1 Å². The Bertz CT molecular complexity index is 1090. The lowest BCUT2D eigenvalue weighted by molar-refractivity contribution is -0.385. The van der Waals surface area contributed by atoms with Gasteiger partial charge in [-0.25, -0.2) is 0 Å². The fourth-order valence-electron chi connectivity index (χ4n) is 2.86. The molecular weight excluding hydrogens is 393 g/mol. The largest absolute Gasteiger partial charge is 0.416 e. The number of benzene rings is 1. The van der Waals surface area contributed by atoms with Gasteiger partial charge in [-0.1, -0.05) is 12.1 Å². The third-order valence-corrected chi connectivity index (χ3v) is 4.08. The number of nitrogens with one attached hydrogen (secondary N) is 1. The molecule has 1 amide bonds. The predicted molar refractivity (Wildman–Crippen MR) is 95.3 cm³/mol. The minimum atomic E-state index is -4.45. The second kappa shape index (κ2) is 7.37. The van der Waals surface area contributed by atoms with Gasteiger partial charge in [0.15, 0.2) is 0 Å². The maximum absolute atomic E-state index is 12.8. The lowest BCUT2D eigenvalue weighted by Gasteiger charge is -2.08. The van der Waals surface area contributed by atoms with Crippen LogP contribution in [-0.4, -0.2) is 30.4 Å². The number of anilines is 1. The summed E-state index contributed by atoms with van der Waals surface area (Å²) in [5.41, 5.74) is -0.689. The van der Waals surface area contributed by atoms with Gasteiger partial charge >= 0.3 is 11.9 Å². The van der Waals surface area contributed by atoms with E-state index < -0.39 is 28.3 Å². The molecule has 0 bridgehead atoms. The van der Waals surface area contributed by atoms with Crippen molar-refractivity contribution in [3.8, 4) is 0 Å². The molecule has 2 heterocycles. The summed E-state index contributed by atoms with van der Waals surface area (Å²) in [4.78, 5) is 23.0. The van der Waals surface area contributed by atoms with Gasteiger partial charge in [0.05, 0.1) is 28.9 Å². The van der Waals surface area contributed by atoms with Gasteiger partial charge in [0.1, 0.15) is 5.69 Å². The van der Waals surface area contributed by atoms with Gasteiger partial charge in [0, 0.05) is 13.2 Å².